The minimum atomic E-state index is -0.0733. The maximum atomic E-state index is 12.2. The van der Waals surface area contributed by atoms with Crippen molar-refractivity contribution in [3.05, 3.63) is 29.0 Å². The van der Waals surface area contributed by atoms with Crippen LogP contribution in [0.4, 0.5) is 0 Å². The number of benzene rings is 1. The van der Waals surface area contributed by atoms with Gasteiger partial charge in [0.15, 0.2) is 0 Å². The van der Waals surface area contributed by atoms with E-state index < -0.39 is 0 Å². The largest absolute Gasteiger partial charge is 0.352 e. The Labute approximate surface area is 136 Å². The highest BCUT2D eigenvalue weighted by molar-refractivity contribution is 6.29. The monoisotopic (exact) mass is 322 g/mol. The summed E-state index contributed by atoms with van der Waals surface area (Å²) >= 11 is 6.17. The lowest BCUT2D eigenvalue weighted by atomic mass is 10.2. The van der Waals surface area contributed by atoms with Gasteiger partial charge in [-0.15, -0.1) is 0 Å². The molecule has 0 aliphatic carbocycles. The van der Waals surface area contributed by atoms with Crippen LogP contribution in [0.25, 0.3) is 11.0 Å². The highest BCUT2D eigenvalue weighted by Gasteiger charge is 2.14. The van der Waals surface area contributed by atoms with E-state index in [2.05, 4.69) is 29.0 Å². The third-order valence-corrected chi connectivity index (χ3v) is 3.76. The number of rotatable bonds is 6. The normalized spacial score (nSPS) is 11.6. The fraction of sp³-hybridized carbons (Fsp3) is 0.500. The van der Waals surface area contributed by atoms with Crippen LogP contribution >= 0.6 is 11.6 Å². The Morgan fingerprint density at radius 2 is 2.14 bits per heavy atom. The van der Waals surface area contributed by atoms with Gasteiger partial charge in [0.2, 0.25) is 5.28 Å². The van der Waals surface area contributed by atoms with E-state index in [1.165, 1.54) is 0 Å². The number of fused-ring (bicyclic) bond motifs is 1. The molecule has 1 aromatic heterocycles. The summed E-state index contributed by atoms with van der Waals surface area (Å²) in [6.07, 6.45) is 0.925. The van der Waals surface area contributed by atoms with Gasteiger partial charge in [0.1, 0.15) is 0 Å². The first-order chi connectivity index (χ1) is 10.4. The molecule has 0 saturated heterocycles. The van der Waals surface area contributed by atoms with Gasteiger partial charge in [-0.05, 0) is 70.7 Å². The first-order valence-corrected chi connectivity index (χ1v) is 7.88. The smallest absolute Gasteiger partial charge is 0.251 e. The number of carbonyl (C=O) groups excluding carboxylic acids is 1. The molecule has 0 fully saturated rings. The van der Waals surface area contributed by atoms with Gasteiger partial charge < -0.3 is 14.8 Å². The first kappa shape index (κ1) is 16.8. The molecule has 0 radical (unpaired) electrons. The van der Waals surface area contributed by atoms with E-state index in [-0.39, 0.29) is 11.9 Å². The van der Waals surface area contributed by atoms with Crippen molar-refractivity contribution in [1.29, 1.82) is 0 Å². The van der Waals surface area contributed by atoms with Gasteiger partial charge in [-0.25, -0.2) is 4.98 Å². The first-order valence-electron chi connectivity index (χ1n) is 7.50. The third kappa shape index (κ3) is 3.78. The summed E-state index contributed by atoms with van der Waals surface area (Å²) in [5, 5.41) is 3.38. The summed E-state index contributed by atoms with van der Waals surface area (Å²) in [5.74, 6) is -0.0733. The summed E-state index contributed by atoms with van der Waals surface area (Å²) in [4.78, 5) is 18.6. The Kier molecular flexibility index (Phi) is 5.42. The average Bonchev–Trinajstić information content (AvgIpc) is 2.77. The van der Waals surface area contributed by atoms with Crippen molar-refractivity contribution in [1.82, 2.24) is 19.8 Å². The molecule has 120 valence electrons. The van der Waals surface area contributed by atoms with Crippen LogP contribution in [0.15, 0.2) is 18.2 Å². The molecule has 0 bridgehead atoms. The molecule has 0 aliphatic heterocycles. The maximum Gasteiger partial charge on any atom is 0.251 e. The lowest BCUT2D eigenvalue weighted by Crippen LogP contribution is -2.27. The van der Waals surface area contributed by atoms with Crippen molar-refractivity contribution in [3.8, 4) is 0 Å². The Balaban J connectivity index is 2.11. The van der Waals surface area contributed by atoms with Gasteiger partial charge in [-0.3, -0.25) is 4.79 Å². The number of imidazole rings is 1. The zero-order valence-electron chi connectivity index (χ0n) is 13.6. The molecule has 1 heterocycles. The second-order valence-corrected chi connectivity index (χ2v) is 6.30. The molecule has 0 aliphatic rings. The SMILES string of the molecule is CC(C)n1c(Cl)nc2cc(C(=O)NCCCN(C)C)ccc21. The van der Waals surface area contributed by atoms with Crippen LogP contribution in [0.2, 0.25) is 5.28 Å². The van der Waals surface area contributed by atoms with E-state index in [9.17, 15) is 4.79 Å². The molecule has 1 amide bonds. The second-order valence-electron chi connectivity index (χ2n) is 5.96. The molecule has 0 saturated carbocycles. The fourth-order valence-electron chi connectivity index (χ4n) is 2.40. The van der Waals surface area contributed by atoms with E-state index in [0.29, 0.717) is 17.4 Å². The highest BCUT2D eigenvalue weighted by Crippen LogP contribution is 2.24. The van der Waals surface area contributed by atoms with Crippen molar-refractivity contribution < 1.29 is 4.79 Å². The summed E-state index contributed by atoms with van der Waals surface area (Å²) in [6, 6.07) is 5.74. The molecule has 5 nitrogen and oxygen atoms in total. The maximum absolute atomic E-state index is 12.2. The molecule has 1 aromatic carbocycles. The zero-order valence-corrected chi connectivity index (χ0v) is 14.3. The van der Waals surface area contributed by atoms with E-state index >= 15 is 0 Å². The molecule has 6 heteroatoms. The summed E-state index contributed by atoms with van der Waals surface area (Å²) in [7, 11) is 4.04. The lowest BCUT2D eigenvalue weighted by molar-refractivity contribution is 0.0952. The molecular formula is C16H23ClN4O. The van der Waals surface area contributed by atoms with Crippen LogP contribution in [0.1, 0.15) is 36.7 Å². The van der Waals surface area contributed by atoms with Crippen molar-refractivity contribution >= 4 is 28.5 Å². The van der Waals surface area contributed by atoms with E-state index in [1.54, 1.807) is 6.07 Å². The van der Waals surface area contributed by atoms with Crippen LogP contribution in [-0.2, 0) is 0 Å². The van der Waals surface area contributed by atoms with Crippen LogP contribution in [-0.4, -0.2) is 47.5 Å². The number of aromatic nitrogens is 2. The molecule has 2 aromatic rings. The van der Waals surface area contributed by atoms with Gasteiger partial charge in [-0.2, -0.15) is 0 Å². The van der Waals surface area contributed by atoms with Crippen LogP contribution in [0.3, 0.4) is 0 Å². The second kappa shape index (κ2) is 7.11. The van der Waals surface area contributed by atoms with Crippen molar-refractivity contribution in [3.63, 3.8) is 0 Å². The van der Waals surface area contributed by atoms with Gasteiger partial charge in [0, 0.05) is 18.2 Å². The minimum absolute atomic E-state index is 0.0733. The quantitative estimate of drug-likeness (QED) is 0.832. The van der Waals surface area contributed by atoms with Crippen molar-refractivity contribution in [2.24, 2.45) is 0 Å². The third-order valence-electron chi connectivity index (χ3n) is 3.49. The van der Waals surface area contributed by atoms with Gasteiger partial charge in [-0.1, -0.05) is 0 Å². The predicted octanol–water partition coefficient (Wildman–Crippen LogP) is 2.95. The van der Waals surface area contributed by atoms with E-state index in [4.69, 9.17) is 11.6 Å². The molecule has 0 atom stereocenters. The number of hydrogen-bond acceptors (Lipinski definition) is 3. The number of carbonyl (C=O) groups is 1. The summed E-state index contributed by atoms with van der Waals surface area (Å²) < 4.78 is 1.95. The standard InChI is InChI=1S/C16H23ClN4O/c1-11(2)21-14-7-6-12(10-13(14)19-16(21)17)15(22)18-8-5-9-20(3)4/h6-7,10-11H,5,8-9H2,1-4H3,(H,18,22). The van der Waals surface area contributed by atoms with Gasteiger partial charge >= 0.3 is 0 Å². The van der Waals surface area contributed by atoms with Gasteiger partial charge in [0.05, 0.1) is 11.0 Å². The number of nitrogens with zero attached hydrogens (tertiary/aromatic N) is 3. The molecule has 1 N–H and O–H groups in total. The zero-order chi connectivity index (χ0) is 16.3. The van der Waals surface area contributed by atoms with Crippen LogP contribution < -0.4 is 5.32 Å². The van der Waals surface area contributed by atoms with Crippen molar-refractivity contribution in [2.75, 3.05) is 27.2 Å². The summed E-state index contributed by atoms with van der Waals surface area (Å²) in [6.45, 7) is 5.72. The molecule has 2 rings (SSSR count). The Bertz CT molecular complexity index is 663. The number of halogens is 1. The molecule has 22 heavy (non-hydrogen) atoms. The minimum Gasteiger partial charge on any atom is -0.352 e. The molecule has 0 spiro atoms. The number of nitrogens with one attached hydrogen (secondary N) is 1. The Hall–Kier alpha value is -1.59. The fourth-order valence-corrected chi connectivity index (χ4v) is 2.78. The predicted molar refractivity (Wildman–Crippen MR) is 90.6 cm³/mol. The number of hydrogen-bond donors (Lipinski definition) is 1. The Morgan fingerprint density at radius 1 is 1.41 bits per heavy atom. The topological polar surface area (TPSA) is 50.2 Å². The Morgan fingerprint density at radius 3 is 2.77 bits per heavy atom. The average molecular weight is 323 g/mol. The van der Waals surface area contributed by atoms with Crippen LogP contribution in [0.5, 0.6) is 0 Å². The highest BCUT2D eigenvalue weighted by atomic mass is 35.5. The summed E-state index contributed by atoms with van der Waals surface area (Å²) in [5.41, 5.74) is 2.31. The number of amides is 1. The van der Waals surface area contributed by atoms with Gasteiger partial charge in [0.25, 0.3) is 5.91 Å². The van der Waals surface area contributed by atoms with Crippen molar-refractivity contribution in [2.45, 2.75) is 26.3 Å². The lowest BCUT2D eigenvalue weighted by Gasteiger charge is -2.11. The van der Waals surface area contributed by atoms with E-state index in [1.807, 2.05) is 30.8 Å². The molecule has 0 unspecified atom stereocenters. The van der Waals surface area contributed by atoms with Crippen LogP contribution in [0, 0.1) is 0 Å². The van der Waals surface area contributed by atoms with E-state index in [0.717, 1.165) is 24.0 Å². The molecular weight excluding hydrogens is 300 g/mol.